The van der Waals surface area contributed by atoms with Gasteiger partial charge in [-0.15, -0.1) is 0 Å². The second kappa shape index (κ2) is 10.6. The van der Waals surface area contributed by atoms with Crippen molar-refractivity contribution in [1.82, 2.24) is 4.90 Å². The van der Waals surface area contributed by atoms with Crippen molar-refractivity contribution in [2.24, 2.45) is 5.92 Å². The van der Waals surface area contributed by atoms with Crippen LogP contribution in [-0.2, 0) is 4.79 Å². The van der Waals surface area contributed by atoms with Crippen LogP contribution in [0.2, 0.25) is 0 Å². The summed E-state index contributed by atoms with van der Waals surface area (Å²) in [4.78, 5) is 26.3. The highest BCUT2D eigenvalue weighted by Crippen LogP contribution is 2.18. The summed E-state index contributed by atoms with van der Waals surface area (Å²) in [6.45, 7) is 4.09. The van der Waals surface area contributed by atoms with E-state index < -0.39 is 0 Å². The summed E-state index contributed by atoms with van der Waals surface area (Å²) in [6, 6.07) is 9.41. The maximum atomic E-state index is 12.3. The van der Waals surface area contributed by atoms with Gasteiger partial charge in [0.1, 0.15) is 5.75 Å². The molecule has 140 valence electrons. The highest BCUT2D eigenvalue weighted by atomic mass is 16.5. The third kappa shape index (κ3) is 6.18. The zero-order chi connectivity index (χ0) is 18.8. The minimum atomic E-state index is -0.0252. The van der Waals surface area contributed by atoms with Crippen molar-refractivity contribution < 1.29 is 14.3 Å². The van der Waals surface area contributed by atoms with Crippen molar-refractivity contribution in [3.63, 3.8) is 0 Å². The lowest BCUT2D eigenvalue weighted by atomic mass is 9.98. The first kappa shape index (κ1) is 20.0. The number of likely N-dealkylation sites (tertiary alicyclic amines) is 1. The second-order valence-electron chi connectivity index (χ2n) is 6.79. The summed E-state index contributed by atoms with van der Waals surface area (Å²) in [7, 11) is 0. The van der Waals surface area contributed by atoms with Crippen LogP contribution in [0.4, 0.5) is 0 Å². The SMILES string of the molecule is CCCCCOc1ccc(C(=O)CCC(=O)N2CCC(C#N)CC2)cc1. The Labute approximate surface area is 155 Å². The van der Waals surface area contributed by atoms with Gasteiger partial charge >= 0.3 is 0 Å². The summed E-state index contributed by atoms with van der Waals surface area (Å²) >= 11 is 0. The fraction of sp³-hybridized carbons (Fsp3) is 0.571. The second-order valence-corrected chi connectivity index (χ2v) is 6.79. The Morgan fingerprint density at radius 3 is 2.46 bits per heavy atom. The first-order chi connectivity index (χ1) is 12.6. The third-order valence-electron chi connectivity index (χ3n) is 4.79. The Bertz CT molecular complexity index is 626. The van der Waals surface area contributed by atoms with Crippen LogP contribution in [0.1, 0.15) is 62.2 Å². The molecule has 0 radical (unpaired) electrons. The molecule has 2 rings (SSSR count). The number of unbranched alkanes of at least 4 members (excludes halogenated alkanes) is 2. The fourth-order valence-electron chi connectivity index (χ4n) is 3.06. The van der Waals surface area contributed by atoms with Crippen molar-refractivity contribution in [3.8, 4) is 11.8 Å². The molecule has 1 aromatic rings. The highest BCUT2D eigenvalue weighted by Gasteiger charge is 2.22. The molecule has 1 saturated heterocycles. The molecule has 1 heterocycles. The van der Waals surface area contributed by atoms with E-state index in [9.17, 15) is 9.59 Å². The molecule has 5 heteroatoms. The summed E-state index contributed by atoms with van der Waals surface area (Å²) in [5.74, 6) is 0.811. The number of hydrogen-bond acceptors (Lipinski definition) is 4. The van der Waals surface area contributed by atoms with Gasteiger partial charge in [-0.25, -0.2) is 0 Å². The van der Waals surface area contributed by atoms with E-state index in [0.717, 1.165) is 37.9 Å². The molecule has 0 spiro atoms. The van der Waals surface area contributed by atoms with Crippen LogP contribution in [0.15, 0.2) is 24.3 Å². The summed E-state index contributed by atoms with van der Waals surface area (Å²) in [6.07, 6.45) is 5.25. The van der Waals surface area contributed by atoms with Gasteiger partial charge in [-0.3, -0.25) is 9.59 Å². The van der Waals surface area contributed by atoms with Crippen LogP contribution in [0.3, 0.4) is 0 Å². The Morgan fingerprint density at radius 1 is 1.15 bits per heavy atom. The number of carbonyl (C=O) groups is 2. The molecule has 0 unspecified atom stereocenters. The van der Waals surface area contributed by atoms with Crippen LogP contribution in [-0.4, -0.2) is 36.3 Å². The van der Waals surface area contributed by atoms with Crippen molar-refractivity contribution in [1.29, 1.82) is 5.26 Å². The molecular formula is C21H28N2O3. The number of ketones is 1. The number of amides is 1. The van der Waals surface area contributed by atoms with Crippen molar-refractivity contribution in [2.75, 3.05) is 19.7 Å². The average molecular weight is 356 g/mol. The zero-order valence-corrected chi connectivity index (χ0v) is 15.6. The predicted molar refractivity (Wildman–Crippen MR) is 99.9 cm³/mol. The molecule has 5 nitrogen and oxygen atoms in total. The Kier molecular flexibility index (Phi) is 8.14. The van der Waals surface area contributed by atoms with E-state index in [-0.39, 0.29) is 30.4 Å². The van der Waals surface area contributed by atoms with Gasteiger partial charge in [0.05, 0.1) is 12.7 Å². The van der Waals surface area contributed by atoms with Gasteiger partial charge in [-0.1, -0.05) is 19.8 Å². The summed E-state index contributed by atoms with van der Waals surface area (Å²) in [5.41, 5.74) is 0.613. The van der Waals surface area contributed by atoms with E-state index in [0.29, 0.717) is 25.3 Å². The topological polar surface area (TPSA) is 70.4 Å². The highest BCUT2D eigenvalue weighted by molar-refractivity contribution is 5.98. The van der Waals surface area contributed by atoms with Crippen molar-refractivity contribution >= 4 is 11.7 Å². The number of nitriles is 1. The molecule has 1 amide bonds. The standard InChI is InChI=1S/C21H28N2O3/c1-2-3-4-15-26-19-7-5-18(6-8-19)20(24)9-10-21(25)23-13-11-17(16-22)12-14-23/h5-8,17H,2-4,9-15H2,1H3. The number of hydrogen-bond donors (Lipinski definition) is 0. The lowest BCUT2D eigenvalue weighted by molar-refractivity contribution is -0.132. The molecule has 0 saturated carbocycles. The van der Waals surface area contributed by atoms with Gasteiger partial charge < -0.3 is 9.64 Å². The fourth-order valence-corrected chi connectivity index (χ4v) is 3.06. The molecule has 0 N–H and O–H groups in total. The Hall–Kier alpha value is -2.35. The van der Waals surface area contributed by atoms with E-state index in [1.165, 1.54) is 0 Å². The molecular weight excluding hydrogens is 328 g/mol. The summed E-state index contributed by atoms with van der Waals surface area (Å²) < 4.78 is 5.64. The summed E-state index contributed by atoms with van der Waals surface area (Å²) in [5, 5.41) is 8.90. The minimum absolute atomic E-state index is 0.00520. The molecule has 0 bridgehead atoms. The maximum absolute atomic E-state index is 12.3. The van der Waals surface area contributed by atoms with E-state index >= 15 is 0 Å². The first-order valence-corrected chi connectivity index (χ1v) is 9.57. The quantitative estimate of drug-likeness (QED) is 0.496. The van der Waals surface area contributed by atoms with E-state index in [1.54, 1.807) is 17.0 Å². The molecule has 0 aliphatic carbocycles. The largest absolute Gasteiger partial charge is 0.494 e. The Morgan fingerprint density at radius 2 is 1.85 bits per heavy atom. The van der Waals surface area contributed by atoms with Crippen molar-refractivity contribution in [3.05, 3.63) is 29.8 Å². The molecule has 0 aromatic heterocycles. The number of ether oxygens (including phenoxy) is 1. The number of carbonyl (C=O) groups excluding carboxylic acids is 2. The van der Waals surface area contributed by atoms with Crippen LogP contribution in [0.5, 0.6) is 5.75 Å². The number of nitrogens with zero attached hydrogens (tertiary/aromatic N) is 2. The molecule has 1 aliphatic rings. The van der Waals surface area contributed by atoms with Crippen LogP contribution < -0.4 is 4.74 Å². The van der Waals surface area contributed by atoms with Gasteiger partial charge in [0.15, 0.2) is 5.78 Å². The molecule has 1 fully saturated rings. The van der Waals surface area contributed by atoms with Crippen LogP contribution >= 0.6 is 0 Å². The van der Waals surface area contributed by atoms with Gasteiger partial charge in [0, 0.05) is 37.4 Å². The van der Waals surface area contributed by atoms with Gasteiger partial charge in [-0.2, -0.15) is 5.26 Å². The molecule has 1 aromatic carbocycles. The number of rotatable bonds is 9. The lowest BCUT2D eigenvalue weighted by Crippen LogP contribution is -2.38. The lowest BCUT2D eigenvalue weighted by Gasteiger charge is -2.29. The maximum Gasteiger partial charge on any atom is 0.223 e. The number of benzene rings is 1. The normalized spacial score (nSPS) is 14.7. The predicted octanol–water partition coefficient (Wildman–Crippen LogP) is 3.98. The number of piperidine rings is 1. The monoisotopic (exact) mass is 356 g/mol. The number of Topliss-reactive ketones (excluding diaryl/α,β-unsaturated/α-hetero) is 1. The molecule has 26 heavy (non-hydrogen) atoms. The minimum Gasteiger partial charge on any atom is -0.494 e. The van der Waals surface area contributed by atoms with E-state index in [1.807, 2.05) is 12.1 Å². The van der Waals surface area contributed by atoms with Gasteiger partial charge in [0.2, 0.25) is 5.91 Å². The third-order valence-corrected chi connectivity index (χ3v) is 4.79. The Balaban J connectivity index is 1.73. The van der Waals surface area contributed by atoms with Crippen LogP contribution in [0, 0.1) is 17.2 Å². The smallest absolute Gasteiger partial charge is 0.223 e. The van der Waals surface area contributed by atoms with Crippen LogP contribution in [0.25, 0.3) is 0 Å². The molecule has 0 atom stereocenters. The van der Waals surface area contributed by atoms with Crippen molar-refractivity contribution in [2.45, 2.75) is 51.9 Å². The first-order valence-electron chi connectivity index (χ1n) is 9.57. The average Bonchev–Trinajstić information content (AvgIpc) is 2.69. The zero-order valence-electron chi connectivity index (χ0n) is 15.6. The molecule has 1 aliphatic heterocycles. The van der Waals surface area contributed by atoms with E-state index in [2.05, 4.69) is 13.0 Å². The van der Waals surface area contributed by atoms with Gasteiger partial charge in [0.25, 0.3) is 0 Å². The van der Waals surface area contributed by atoms with Gasteiger partial charge in [-0.05, 0) is 43.5 Å². The van der Waals surface area contributed by atoms with E-state index in [4.69, 9.17) is 10.00 Å².